The number of carbonyl (C=O) groups is 2. The summed E-state index contributed by atoms with van der Waals surface area (Å²) in [4.78, 5) is 22.5. The van der Waals surface area contributed by atoms with Crippen LogP contribution in [-0.2, 0) is 16.1 Å². The zero-order valence-corrected chi connectivity index (χ0v) is 12.9. The van der Waals surface area contributed by atoms with Crippen LogP contribution in [-0.4, -0.2) is 22.7 Å². The van der Waals surface area contributed by atoms with Crippen molar-refractivity contribution in [2.24, 2.45) is 11.5 Å². The van der Waals surface area contributed by atoms with Crippen molar-refractivity contribution >= 4 is 28.3 Å². The molecule has 1 aromatic carbocycles. The molecule has 0 saturated heterocycles. The van der Waals surface area contributed by atoms with E-state index >= 15 is 0 Å². The van der Waals surface area contributed by atoms with Crippen LogP contribution < -0.4 is 16.2 Å². The summed E-state index contributed by atoms with van der Waals surface area (Å²) in [5, 5.41) is 0.472. The van der Waals surface area contributed by atoms with E-state index in [0.717, 1.165) is 11.2 Å². The molecule has 6 nitrogen and oxygen atoms in total. The third-order valence-electron chi connectivity index (χ3n) is 3.68. The number of carbonyl (C=O) groups excluding carboxylic acids is 2. The maximum Gasteiger partial charge on any atom is 0.316 e. The van der Waals surface area contributed by atoms with Crippen LogP contribution in [0.4, 0.5) is 4.39 Å². The Labute approximate surface area is 132 Å². The molecule has 0 spiro atoms. The van der Waals surface area contributed by atoms with Gasteiger partial charge in [-0.25, -0.2) is 0 Å². The Kier molecular flexibility index (Phi) is 4.40. The van der Waals surface area contributed by atoms with E-state index in [4.69, 9.17) is 16.2 Å². The predicted octanol–water partition coefficient (Wildman–Crippen LogP) is 1.63. The average Bonchev–Trinajstić information content (AvgIpc) is 2.78. The van der Waals surface area contributed by atoms with Crippen LogP contribution >= 0.6 is 0 Å². The number of aromatic nitrogens is 1. The van der Waals surface area contributed by atoms with Gasteiger partial charge >= 0.3 is 6.36 Å². The highest BCUT2D eigenvalue weighted by Crippen LogP contribution is 2.37. The van der Waals surface area contributed by atoms with E-state index in [1.165, 1.54) is 6.07 Å². The SMILES string of the molecule is C=C(C(N)=O)c1c(C)n(CC)c2cccc(OC(F)C(N)=O)c12. The summed E-state index contributed by atoms with van der Waals surface area (Å²) in [7, 11) is 0. The van der Waals surface area contributed by atoms with E-state index in [-0.39, 0.29) is 11.3 Å². The average molecular weight is 319 g/mol. The quantitative estimate of drug-likeness (QED) is 0.791. The Morgan fingerprint density at radius 1 is 1.39 bits per heavy atom. The highest BCUT2D eigenvalue weighted by molar-refractivity contribution is 6.22. The Balaban J connectivity index is 2.77. The van der Waals surface area contributed by atoms with Crippen LogP contribution in [0.5, 0.6) is 5.75 Å². The largest absolute Gasteiger partial charge is 0.451 e. The lowest BCUT2D eigenvalue weighted by molar-refractivity contribution is -0.131. The van der Waals surface area contributed by atoms with Crippen molar-refractivity contribution in [1.82, 2.24) is 4.57 Å². The minimum absolute atomic E-state index is 0.0882. The molecule has 0 aliphatic rings. The Morgan fingerprint density at radius 2 is 2.04 bits per heavy atom. The number of aryl methyl sites for hydroxylation is 1. The minimum atomic E-state index is -2.29. The molecule has 0 radical (unpaired) electrons. The van der Waals surface area contributed by atoms with Crippen LogP contribution in [0, 0.1) is 6.92 Å². The fraction of sp³-hybridized carbons (Fsp3) is 0.250. The summed E-state index contributed by atoms with van der Waals surface area (Å²) in [6, 6.07) is 4.96. The lowest BCUT2D eigenvalue weighted by Gasteiger charge is -2.11. The van der Waals surface area contributed by atoms with E-state index in [2.05, 4.69) is 6.58 Å². The highest BCUT2D eigenvalue weighted by Gasteiger charge is 2.24. The maximum absolute atomic E-state index is 13.6. The zero-order valence-electron chi connectivity index (χ0n) is 12.9. The van der Waals surface area contributed by atoms with Crippen LogP contribution in [0.1, 0.15) is 18.2 Å². The molecular formula is C16H18FN3O3. The van der Waals surface area contributed by atoms with Gasteiger partial charge in [0.15, 0.2) is 0 Å². The zero-order chi connectivity index (χ0) is 17.3. The highest BCUT2D eigenvalue weighted by atomic mass is 19.1. The molecule has 0 saturated carbocycles. The molecule has 0 aliphatic carbocycles. The van der Waals surface area contributed by atoms with E-state index in [0.29, 0.717) is 17.5 Å². The molecule has 7 heteroatoms. The van der Waals surface area contributed by atoms with Crippen LogP contribution in [0.25, 0.3) is 16.5 Å². The van der Waals surface area contributed by atoms with Crippen molar-refractivity contribution < 1.29 is 18.7 Å². The minimum Gasteiger partial charge on any atom is -0.451 e. The molecule has 4 N–H and O–H groups in total. The van der Waals surface area contributed by atoms with Gasteiger partial charge in [0.2, 0.25) is 5.91 Å². The van der Waals surface area contributed by atoms with Crippen molar-refractivity contribution in [3.63, 3.8) is 0 Å². The smallest absolute Gasteiger partial charge is 0.316 e. The van der Waals surface area contributed by atoms with Crippen molar-refractivity contribution in [2.75, 3.05) is 0 Å². The first-order valence-corrected chi connectivity index (χ1v) is 7.00. The summed E-state index contributed by atoms with van der Waals surface area (Å²) in [6.45, 7) is 8.06. The maximum atomic E-state index is 13.6. The lowest BCUT2D eigenvalue weighted by Crippen LogP contribution is -2.29. The predicted molar refractivity (Wildman–Crippen MR) is 85.3 cm³/mol. The van der Waals surface area contributed by atoms with E-state index < -0.39 is 18.2 Å². The van der Waals surface area contributed by atoms with Crippen LogP contribution in [0.2, 0.25) is 0 Å². The number of nitrogens with zero attached hydrogens (tertiary/aromatic N) is 1. The van der Waals surface area contributed by atoms with Gasteiger partial charge in [0.05, 0.1) is 10.9 Å². The molecule has 23 heavy (non-hydrogen) atoms. The standard InChI is InChI=1S/C16H18FN3O3/c1-4-20-9(3)12(8(2)15(18)21)13-10(20)6-5-7-11(13)23-14(17)16(19)22/h5-7,14H,2,4H2,1,3H3,(H2,18,21)(H2,19,22). The van der Waals surface area contributed by atoms with Gasteiger partial charge in [0, 0.05) is 23.4 Å². The number of amides is 2. The van der Waals surface area contributed by atoms with E-state index in [9.17, 15) is 14.0 Å². The number of ether oxygens (including phenoxy) is 1. The number of benzene rings is 1. The Hall–Kier alpha value is -2.83. The fourth-order valence-corrected chi connectivity index (χ4v) is 2.66. The first-order chi connectivity index (χ1) is 10.8. The van der Waals surface area contributed by atoms with Crippen molar-refractivity contribution in [2.45, 2.75) is 26.7 Å². The molecule has 1 aromatic heterocycles. The molecule has 1 heterocycles. The van der Waals surface area contributed by atoms with Crippen LogP contribution in [0.15, 0.2) is 24.8 Å². The number of nitrogens with two attached hydrogens (primary N) is 2. The van der Waals surface area contributed by atoms with Gasteiger partial charge in [0.1, 0.15) is 5.75 Å². The molecule has 0 aliphatic heterocycles. The third-order valence-corrected chi connectivity index (χ3v) is 3.68. The first-order valence-electron chi connectivity index (χ1n) is 7.00. The Bertz CT molecular complexity index is 810. The molecule has 1 atom stereocenters. The number of fused-ring (bicyclic) bond motifs is 1. The van der Waals surface area contributed by atoms with E-state index in [1.807, 2.05) is 11.5 Å². The van der Waals surface area contributed by atoms with Crippen LogP contribution in [0.3, 0.4) is 0 Å². The van der Waals surface area contributed by atoms with Gasteiger partial charge < -0.3 is 20.8 Å². The summed E-state index contributed by atoms with van der Waals surface area (Å²) in [5.41, 5.74) is 12.3. The summed E-state index contributed by atoms with van der Waals surface area (Å²) in [5.74, 6) is -1.82. The molecule has 0 fully saturated rings. The lowest BCUT2D eigenvalue weighted by atomic mass is 10.0. The molecule has 2 amide bonds. The molecule has 2 rings (SSSR count). The van der Waals surface area contributed by atoms with Gasteiger partial charge in [-0.15, -0.1) is 0 Å². The van der Waals surface area contributed by atoms with Gasteiger partial charge in [-0.1, -0.05) is 12.6 Å². The summed E-state index contributed by atoms with van der Waals surface area (Å²) in [6.07, 6.45) is -2.29. The molecule has 2 aromatic rings. The van der Waals surface area contributed by atoms with Crippen molar-refractivity contribution in [1.29, 1.82) is 0 Å². The van der Waals surface area contributed by atoms with Crippen molar-refractivity contribution in [3.05, 3.63) is 36.0 Å². The topological polar surface area (TPSA) is 100 Å². The number of rotatable bonds is 6. The van der Waals surface area contributed by atoms with E-state index in [1.54, 1.807) is 19.1 Å². The van der Waals surface area contributed by atoms with Gasteiger partial charge in [0.25, 0.3) is 5.91 Å². The second-order valence-electron chi connectivity index (χ2n) is 5.03. The normalized spacial score (nSPS) is 12.1. The second kappa shape index (κ2) is 6.12. The monoisotopic (exact) mass is 319 g/mol. The molecule has 1 unspecified atom stereocenters. The van der Waals surface area contributed by atoms with Gasteiger partial charge in [-0.3, -0.25) is 9.59 Å². The number of hydrogen-bond donors (Lipinski definition) is 2. The number of alkyl halides is 1. The summed E-state index contributed by atoms with van der Waals surface area (Å²) < 4.78 is 20.5. The molecular weight excluding hydrogens is 301 g/mol. The first kappa shape index (κ1) is 16.5. The molecule has 0 bridgehead atoms. The number of primary amides is 2. The second-order valence-corrected chi connectivity index (χ2v) is 5.03. The molecule has 122 valence electrons. The Morgan fingerprint density at radius 3 is 2.57 bits per heavy atom. The van der Waals surface area contributed by atoms with Gasteiger partial charge in [-0.2, -0.15) is 4.39 Å². The number of halogens is 1. The number of hydrogen-bond acceptors (Lipinski definition) is 3. The fourth-order valence-electron chi connectivity index (χ4n) is 2.66. The van der Waals surface area contributed by atoms with Gasteiger partial charge in [-0.05, 0) is 26.0 Å². The summed E-state index contributed by atoms with van der Waals surface area (Å²) >= 11 is 0. The third kappa shape index (κ3) is 2.77. The van der Waals surface area contributed by atoms with Crippen molar-refractivity contribution in [3.8, 4) is 5.75 Å².